The maximum atomic E-state index is 13.1. The zero-order chi connectivity index (χ0) is 23.8. The van der Waals surface area contributed by atoms with Gasteiger partial charge in [-0.1, -0.05) is 29.8 Å². The zero-order valence-electron chi connectivity index (χ0n) is 18.2. The summed E-state index contributed by atoms with van der Waals surface area (Å²) in [5, 5.41) is 6.17. The van der Waals surface area contributed by atoms with Crippen molar-refractivity contribution in [2.45, 2.75) is 25.9 Å². The van der Waals surface area contributed by atoms with Gasteiger partial charge in [0, 0.05) is 43.9 Å². The minimum atomic E-state index is -0.660. The van der Waals surface area contributed by atoms with Crippen LogP contribution in [-0.2, 0) is 27.4 Å². The fourth-order valence-corrected chi connectivity index (χ4v) is 3.57. The Hall–Kier alpha value is -3.43. The molecule has 3 aromatic rings. The molecule has 0 fully saturated rings. The summed E-state index contributed by atoms with van der Waals surface area (Å²) in [5.74, 6) is -0.735. The topological polar surface area (TPSA) is 111 Å². The van der Waals surface area contributed by atoms with E-state index in [1.165, 1.54) is 4.57 Å². The largest absolute Gasteiger partial charge is 0.385 e. The van der Waals surface area contributed by atoms with Gasteiger partial charge in [0.25, 0.3) is 5.56 Å². The van der Waals surface area contributed by atoms with Crippen molar-refractivity contribution in [3.8, 4) is 0 Å². The monoisotopic (exact) mass is 472 g/mol. The van der Waals surface area contributed by atoms with E-state index < -0.39 is 17.2 Å². The summed E-state index contributed by atoms with van der Waals surface area (Å²) >= 11 is 5.95. The van der Waals surface area contributed by atoms with Gasteiger partial charge in [-0.25, -0.2) is 4.79 Å². The highest BCUT2D eigenvalue weighted by atomic mass is 35.5. The number of ether oxygens (including phenoxy) is 1. The van der Waals surface area contributed by atoms with Crippen LogP contribution in [0.5, 0.6) is 0 Å². The molecular formula is C23H25ClN4O5. The van der Waals surface area contributed by atoms with E-state index in [0.29, 0.717) is 35.8 Å². The zero-order valence-corrected chi connectivity index (χ0v) is 18.9. The highest BCUT2D eigenvalue weighted by Gasteiger charge is 2.16. The summed E-state index contributed by atoms with van der Waals surface area (Å²) in [6, 6.07) is 13.2. The van der Waals surface area contributed by atoms with Gasteiger partial charge in [-0.15, -0.1) is 0 Å². The number of amides is 2. The smallest absolute Gasteiger partial charge is 0.331 e. The molecule has 2 N–H and O–H groups in total. The summed E-state index contributed by atoms with van der Waals surface area (Å²) in [5.41, 5.74) is -0.334. The molecule has 2 aromatic carbocycles. The number of hydrogen-bond donors (Lipinski definition) is 2. The van der Waals surface area contributed by atoms with Gasteiger partial charge in [0.15, 0.2) is 0 Å². The van der Waals surface area contributed by atoms with E-state index >= 15 is 0 Å². The summed E-state index contributed by atoms with van der Waals surface area (Å²) in [7, 11) is 1.58. The lowest BCUT2D eigenvalue weighted by molar-refractivity contribution is -0.121. The lowest BCUT2D eigenvalue weighted by Crippen LogP contribution is -2.42. The van der Waals surface area contributed by atoms with Gasteiger partial charge in [0.05, 0.1) is 10.9 Å². The van der Waals surface area contributed by atoms with Crippen LogP contribution in [0.3, 0.4) is 0 Å². The third kappa shape index (κ3) is 6.30. The maximum Gasteiger partial charge on any atom is 0.331 e. The molecule has 9 nitrogen and oxygen atoms in total. The Morgan fingerprint density at radius 1 is 1.03 bits per heavy atom. The second kappa shape index (κ2) is 11.4. The first-order chi connectivity index (χ1) is 15.9. The van der Waals surface area contributed by atoms with Gasteiger partial charge in [-0.05, 0) is 36.8 Å². The molecule has 0 atom stereocenters. The van der Waals surface area contributed by atoms with Gasteiger partial charge in [0.1, 0.15) is 6.54 Å². The summed E-state index contributed by atoms with van der Waals surface area (Å²) in [6.07, 6.45) is 0.613. The molecule has 0 aliphatic heterocycles. The quantitative estimate of drug-likeness (QED) is 0.438. The van der Waals surface area contributed by atoms with Gasteiger partial charge in [-0.3, -0.25) is 23.5 Å². The molecule has 33 heavy (non-hydrogen) atoms. The third-order valence-corrected chi connectivity index (χ3v) is 5.19. The van der Waals surface area contributed by atoms with Gasteiger partial charge in [-0.2, -0.15) is 0 Å². The van der Waals surface area contributed by atoms with Crippen LogP contribution in [0.2, 0.25) is 5.02 Å². The minimum Gasteiger partial charge on any atom is -0.385 e. The number of benzene rings is 2. The Bertz CT molecular complexity index is 1270. The highest BCUT2D eigenvalue weighted by molar-refractivity contribution is 6.30. The predicted octanol–water partition coefficient (Wildman–Crippen LogP) is 2.00. The first-order valence-electron chi connectivity index (χ1n) is 10.4. The normalized spacial score (nSPS) is 10.8. The first kappa shape index (κ1) is 24.2. The van der Waals surface area contributed by atoms with Crippen molar-refractivity contribution in [1.82, 2.24) is 14.5 Å². The summed E-state index contributed by atoms with van der Waals surface area (Å²) in [6.45, 7) is 0.545. The second-order valence-electron chi connectivity index (χ2n) is 7.35. The second-order valence-corrected chi connectivity index (χ2v) is 7.78. The molecule has 1 heterocycles. The Morgan fingerprint density at radius 3 is 2.58 bits per heavy atom. The van der Waals surface area contributed by atoms with Gasteiger partial charge >= 0.3 is 5.69 Å². The molecule has 174 valence electrons. The van der Waals surface area contributed by atoms with Crippen molar-refractivity contribution in [3.05, 3.63) is 74.4 Å². The molecule has 2 amide bonds. The van der Waals surface area contributed by atoms with Crippen molar-refractivity contribution < 1.29 is 14.3 Å². The molecule has 0 saturated heterocycles. The lowest BCUT2D eigenvalue weighted by Gasteiger charge is -2.14. The van der Waals surface area contributed by atoms with Crippen molar-refractivity contribution >= 4 is 40.0 Å². The van der Waals surface area contributed by atoms with Gasteiger partial charge < -0.3 is 15.4 Å². The van der Waals surface area contributed by atoms with Crippen LogP contribution in [0.15, 0.2) is 58.1 Å². The average Bonchev–Trinajstić information content (AvgIpc) is 2.79. The van der Waals surface area contributed by atoms with Gasteiger partial charge in [0.2, 0.25) is 11.8 Å². The van der Waals surface area contributed by atoms with E-state index in [9.17, 15) is 19.2 Å². The predicted molar refractivity (Wildman–Crippen MR) is 127 cm³/mol. The average molecular weight is 473 g/mol. The molecule has 3 rings (SSSR count). The molecule has 0 radical (unpaired) electrons. The maximum absolute atomic E-state index is 13.1. The highest BCUT2D eigenvalue weighted by Crippen LogP contribution is 2.15. The van der Waals surface area contributed by atoms with Crippen LogP contribution in [0.25, 0.3) is 10.9 Å². The number of methoxy groups -OCH3 is 1. The molecule has 10 heteroatoms. The number of aromatic nitrogens is 2. The molecule has 0 unspecified atom stereocenters. The van der Waals surface area contributed by atoms with Crippen molar-refractivity contribution in [2.75, 3.05) is 25.6 Å². The van der Waals surface area contributed by atoms with E-state index in [1.54, 1.807) is 55.6 Å². The number of fused-ring (bicyclic) bond motifs is 1. The van der Waals surface area contributed by atoms with Crippen molar-refractivity contribution in [2.24, 2.45) is 0 Å². The Labute approximate surface area is 194 Å². The number of nitrogens with one attached hydrogen (secondary N) is 2. The number of rotatable bonds is 10. The lowest BCUT2D eigenvalue weighted by atomic mass is 10.2. The van der Waals surface area contributed by atoms with E-state index in [0.717, 1.165) is 4.57 Å². The molecule has 0 bridgehead atoms. The van der Waals surface area contributed by atoms with Crippen molar-refractivity contribution in [3.63, 3.8) is 0 Å². The molecule has 0 aliphatic carbocycles. The third-order valence-electron chi connectivity index (χ3n) is 4.95. The van der Waals surface area contributed by atoms with E-state index in [4.69, 9.17) is 16.3 Å². The van der Waals surface area contributed by atoms with E-state index in [2.05, 4.69) is 10.6 Å². The van der Waals surface area contributed by atoms with Crippen LogP contribution < -0.4 is 21.9 Å². The van der Waals surface area contributed by atoms with Crippen LogP contribution in [0.4, 0.5) is 5.69 Å². The number of anilines is 1. The fourth-order valence-electron chi connectivity index (χ4n) is 3.38. The Morgan fingerprint density at radius 2 is 1.82 bits per heavy atom. The molecule has 0 spiro atoms. The van der Waals surface area contributed by atoms with E-state index in [1.807, 2.05) is 0 Å². The minimum absolute atomic E-state index is 0.0464. The molecule has 0 aliphatic rings. The van der Waals surface area contributed by atoms with E-state index in [-0.39, 0.29) is 30.8 Å². The van der Waals surface area contributed by atoms with Crippen LogP contribution >= 0.6 is 11.6 Å². The Balaban J connectivity index is 1.84. The van der Waals surface area contributed by atoms with Crippen LogP contribution in [0.1, 0.15) is 12.8 Å². The van der Waals surface area contributed by atoms with Crippen molar-refractivity contribution in [1.29, 1.82) is 0 Å². The fraction of sp³-hybridized carbons (Fsp3) is 0.304. The summed E-state index contributed by atoms with van der Waals surface area (Å²) < 4.78 is 7.15. The number of carbonyl (C=O) groups is 2. The Kier molecular flexibility index (Phi) is 8.39. The first-order valence-corrected chi connectivity index (χ1v) is 10.8. The number of nitrogens with zero attached hydrogens (tertiary/aromatic N) is 2. The number of carbonyl (C=O) groups excluding carboxylic acids is 2. The number of hydrogen-bond acceptors (Lipinski definition) is 5. The number of halogens is 1. The van der Waals surface area contributed by atoms with Crippen LogP contribution in [-0.4, -0.2) is 41.2 Å². The molecule has 0 saturated carbocycles. The standard InChI is InChI=1S/C23H25ClN4O5/c1-33-13-5-11-25-20(29)10-12-27-22(31)18-8-2-3-9-19(18)28(23(27)32)15-21(30)26-17-7-4-6-16(24)14-17/h2-4,6-9,14H,5,10-13,15H2,1H3,(H,25,29)(H,26,30). The number of para-hydroxylation sites is 1. The SMILES string of the molecule is COCCCNC(=O)CCn1c(=O)c2ccccc2n(CC(=O)Nc2cccc(Cl)c2)c1=O. The van der Waals surface area contributed by atoms with Crippen LogP contribution in [0, 0.1) is 0 Å². The molecular weight excluding hydrogens is 448 g/mol. The summed E-state index contributed by atoms with van der Waals surface area (Å²) in [4.78, 5) is 50.8. The molecule has 1 aromatic heterocycles.